The van der Waals surface area contributed by atoms with E-state index in [1.807, 2.05) is 30.3 Å². The molecule has 7 nitrogen and oxygen atoms in total. The van der Waals surface area contributed by atoms with Crippen LogP contribution in [0.2, 0.25) is 0 Å². The van der Waals surface area contributed by atoms with E-state index in [-0.39, 0.29) is 18.4 Å². The number of carbonyl (C=O) groups excluding carboxylic acids is 1. The highest BCUT2D eigenvalue weighted by Gasteiger charge is 2.41. The Morgan fingerprint density at radius 1 is 1.12 bits per heavy atom. The Hall–Kier alpha value is -3.22. The van der Waals surface area contributed by atoms with Gasteiger partial charge in [-0.05, 0) is 24.3 Å². The van der Waals surface area contributed by atoms with Crippen molar-refractivity contribution in [2.75, 3.05) is 13.1 Å². The summed E-state index contributed by atoms with van der Waals surface area (Å²) in [6.45, 7) is 0.497. The maximum Gasteiger partial charge on any atom is 0.309 e. The van der Waals surface area contributed by atoms with Crippen molar-refractivity contribution < 1.29 is 14.7 Å². The number of hydrogen-bond donors (Lipinski definition) is 1. The van der Waals surface area contributed by atoms with E-state index >= 15 is 0 Å². The Labute approximate surface area is 143 Å². The number of pyridine rings is 2. The SMILES string of the molecule is O=C(O)[C@@H]1CN(C(=O)c2cnn3ccccc23)C[C@H]1c1ccccn1. The number of likely N-dealkylation sites (tertiary alicyclic amines) is 1. The van der Waals surface area contributed by atoms with Crippen LogP contribution in [0.3, 0.4) is 0 Å². The van der Waals surface area contributed by atoms with Crippen LogP contribution in [0.15, 0.2) is 55.0 Å². The van der Waals surface area contributed by atoms with Crippen molar-refractivity contribution in [3.8, 4) is 0 Å². The fourth-order valence-electron chi connectivity index (χ4n) is 3.38. The van der Waals surface area contributed by atoms with Gasteiger partial charge in [0.25, 0.3) is 5.91 Å². The number of carbonyl (C=O) groups is 2. The molecule has 3 aromatic heterocycles. The van der Waals surface area contributed by atoms with Crippen LogP contribution >= 0.6 is 0 Å². The summed E-state index contributed by atoms with van der Waals surface area (Å²) < 4.78 is 1.63. The molecule has 1 N–H and O–H groups in total. The van der Waals surface area contributed by atoms with Crippen molar-refractivity contribution in [1.29, 1.82) is 0 Å². The molecule has 0 radical (unpaired) electrons. The summed E-state index contributed by atoms with van der Waals surface area (Å²) in [5.41, 5.74) is 1.89. The first kappa shape index (κ1) is 15.3. The van der Waals surface area contributed by atoms with E-state index in [0.717, 1.165) is 0 Å². The average molecular weight is 336 g/mol. The molecule has 1 aliphatic heterocycles. The molecule has 4 rings (SSSR count). The first-order chi connectivity index (χ1) is 12.1. The molecule has 0 unspecified atom stereocenters. The molecule has 0 saturated carbocycles. The summed E-state index contributed by atoms with van der Waals surface area (Å²) in [6, 6.07) is 10.9. The number of carboxylic acids is 1. The lowest BCUT2D eigenvalue weighted by Gasteiger charge is -2.15. The third-order valence-corrected chi connectivity index (χ3v) is 4.65. The number of rotatable bonds is 3. The first-order valence-corrected chi connectivity index (χ1v) is 8.00. The molecular formula is C18H16N4O3. The van der Waals surface area contributed by atoms with Gasteiger partial charge in [-0.3, -0.25) is 14.6 Å². The normalized spacial score (nSPS) is 20.1. The largest absolute Gasteiger partial charge is 0.481 e. The van der Waals surface area contributed by atoms with Crippen molar-refractivity contribution in [2.45, 2.75) is 5.92 Å². The average Bonchev–Trinajstić information content (AvgIpc) is 3.27. The Morgan fingerprint density at radius 2 is 1.96 bits per heavy atom. The van der Waals surface area contributed by atoms with Crippen LogP contribution in [-0.2, 0) is 4.79 Å². The first-order valence-electron chi connectivity index (χ1n) is 8.00. The monoisotopic (exact) mass is 336 g/mol. The van der Waals surface area contributed by atoms with Crippen molar-refractivity contribution in [3.05, 3.63) is 66.2 Å². The van der Waals surface area contributed by atoms with Crippen LogP contribution in [-0.4, -0.2) is 49.6 Å². The number of hydrogen-bond acceptors (Lipinski definition) is 4. The van der Waals surface area contributed by atoms with Gasteiger partial charge < -0.3 is 10.0 Å². The second-order valence-corrected chi connectivity index (χ2v) is 6.10. The van der Waals surface area contributed by atoms with E-state index in [0.29, 0.717) is 23.3 Å². The van der Waals surface area contributed by atoms with Crippen LogP contribution in [0.25, 0.3) is 5.52 Å². The number of aliphatic carboxylic acids is 1. The minimum atomic E-state index is -0.911. The lowest BCUT2D eigenvalue weighted by molar-refractivity contribution is -0.141. The fourth-order valence-corrected chi connectivity index (χ4v) is 3.38. The zero-order valence-corrected chi connectivity index (χ0v) is 13.3. The van der Waals surface area contributed by atoms with Crippen molar-refractivity contribution in [3.63, 3.8) is 0 Å². The highest BCUT2D eigenvalue weighted by Crippen LogP contribution is 2.33. The molecule has 4 heterocycles. The van der Waals surface area contributed by atoms with Gasteiger partial charge in [-0.25, -0.2) is 4.52 Å². The van der Waals surface area contributed by atoms with Gasteiger partial charge >= 0.3 is 5.97 Å². The highest BCUT2D eigenvalue weighted by atomic mass is 16.4. The minimum absolute atomic E-state index is 0.166. The molecule has 1 fully saturated rings. The third-order valence-electron chi connectivity index (χ3n) is 4.65. The van der Waals surface area contributed by atoms with Gasteiger partial charge in [0, 0.05) is 37.1 Å². The molecule has 1 amide bonds. The van der Waals surface area contributed by atoms with Gasteiger partial charge in [0.05, 0.1) is 23.2 Å². The van der Waals surface area contributed by atoms with E-state index in [1.165, 1.54) is 6.20 Å². The van der Waals surface area contributed by atoms with E-state index in [9.17, 15) is 14.7 Å². The third kappa shape index (κ3) is 2.63. The Bertz CT molecular complexity index is 938. The summed E-state index contributed by atoms with van der Waals surface area (Å²) in [5, 5.41) is 13.7. The molecule has 3 aromatic rings. The van der Waals surface area contributed by atoms with E-state index in [4.69, 9.17) is 0 Å². The standard InChI is InChI=1S/C18H16N4O3/c23-17(12-9-20-22-8-4-2-6-16(12)22)21-10-13(14(11-21)18(24)25)15-5-1-3-7-19-15/h1-9,13-14H,10-11H2,(H,24,25)/t13-,14-/m1/s1. The van der Waals surface area contributed by atoms with Gasteiger partial charge in [0.2, 0.25) is 0 Å². The van der Waals surface area contributed by atoms with Gasteiger partial charge in [-0.2, -0.15) is 5.10 Å². The van der Waals surface area contributed by atoms with Gasteiger partial charge in [-0.1, -0.05) is 12.1 Å². The second kappa shape index (κ2) is 6.01. The van der Waals surface area contributed by atoms with Crippen molar-refractivity contribution >= 4 is 17.4 Å². The molecule has 0 bridgehead atoms. The summed E-state index contributed by atoms with van der Waals surface area (Å²) in [6.07, 6.45) is 4.94. The fraction of sp³-hybridized carbons (Fsp3) is 0.222. The molecule has 2 atom stereocenters. The zero-order chi connectivity index (χ0) is 17.4. The molecule has 0 aliphatic carbocycles. The van der Waals surface area contributed by atoms with Gasteiger partial charge in [0.1, 0.15) is 0 Å². The molecule has 126 valence electrons. The predicted molar refractivity (Wildman–Crippen MR) is 89.2 cm³/mol. The zero-order valence-electron chi connectivity index (χ0n) is 13.3. The van der Waals surface area contributed by atoms with Gasteiger partial charge in [-0.15, -0.1) is 0 Å². The van der Waals surface area contributed by atoms with Crippen LogP contribution in [0, 0.1) is 5.92 Å². The molecule has 1 aliphatic rings. The van der Waals surface area contributed by atoms with Crippen LogP contribution in [0.4, 0.5) is 0 Å². The quantitative estimate of drug-likeness (QED) is 0.786. The lowest BCUT2D eigenvalue weighted by atomic mass is 9.93. The molecule has 0 spiro atoms. The van der Waals surface area contributed by atoms with Crippen LogP contribution in [0.5, 0.6) is 0 Å². The lowest BCUT2D eigenvalue weighted by Crippen LogP contribution is -2.29. The molecule has 25 heavy (non-hydrogen) atoms. The van der Waals surface area contributed by atoms with Gasteiger partial charge in [0.15, 0.2) is 0 Å². The van der Waals surface area contributed by atoms with Crippen LogP contribution in [0.1, 0.15) is 22.0 Å². The smallest absolute Gasteiger partial charge is 0.309 e. The van der Waals surface area contributed by atoms with E-state index in [1.54, 1.807) is 27.9 Å². The Morgan fingerprint density at radius 3 is 2.72 bits per heavy atom. The number of amides is 1. The topological polar surface area (TPSA) is 87.8 Å². The summed E-state index contributed by atoms with van der Waals surface area (Å²) in [7, 11) is 0. The highest BCUT2D eigenvalue weighted by molar-refractivity contribution is 6.01. The maximum absolute atomic E-state index is 12.9. The number of aromatic nitrogens is 3. The predicted octanol–water partition coefficient (Wildman–Crippen LogP) is 1.67. The number of fused-ring (bicyclic) bond motifs is 1. The van der Waals surface area contributed by atoms with Crippen LogP contribution < -0.4 is 0 Å². The Kier molecular flexibility index (Phi) is 3.68. The molecule has 1 saturated heterocycles. The summed E-state index contributed by atoms with van der Waals surface area (Å²) >= 11 is 0. The van der Waals surface area contributed by atoms with E-state index < -0.39 is 11.9 Å². The van der Waals surface area contributed by atoms with Crippen molar-refractivity contribution in [1.82, 2.24) is 19.5 Å². The number of nitrogens with zero attached hydrogens (tertiary/aromatic N) is 4. The molecule has 0 aromatic carbocycles. The Balaban J connectivity index is 1.65. The maximum atomic E-state index is 12.9. The molecule has 7 heteroatoms. The second-order valence-electron chi connectivity index (χ2n) is 6.10. The number of carboxylic acid groups (broad SMARTS) is 1. The minimum Gasteiger partial charge on any atom is -0.481 e. The van der Waals surface area contributed by atoms with E-state index in [2.05, 4.69) is 10.1 Å². The summed E-state index contributed by atoms with van der Waals surface area (Å²) in [5.74, 6) is -2.10. The summed E-state index contributed by atoms with van der Waals surface area (Å²) in [4.78, 5) is 30.5. The molecular weight excluding hydrogens is 320 g/mol. The van der Waals surface area contributed by atoms with Crippen molar-refractivity contribution in [2.24, 2.45) is 5.92 Å².